The van der Waals surface area contributed by atoms with Crippen molar-refractivity contribution in [2.24, 2.45) is 5.92 Å². The van der Waals surface area contributed by atoms with E-state index in [-0.39, 0.29) is 5.75 Å². The molecule has 0 saturated heterocycles. The molecule has 1 N–H and O–H groups in total. The van der Waals surface area contributed by atoms with Crippen molar-refractivity contribution in [2.75, 3.05) is 14.2 Å². The van der Waals surface area contributed by atoms with E-state index in [0.29, 0.717) is 29.2 Å². The van der Waals surface area contributed by atoms with Crippen LogP contribution in [0, 0.1) is 5.92 Å². The average molecular weight is 262 g/mol. The maximum Gasteiger partial charge on any atom is 0.338 e. The highest BCUT2D eigenvalue weighted by Crippen LogP contribution is 2.36. The van der Waals surface area contributed by atoms with Crippen LogP contribution in [0.25, 0.3) is 0 Å². The Bertz CT molecular complexity index is 505. The van der Waals surface area contributed by atoms with E-state index < -0.39 is 5.97 Å². The normalized spacial score (nSPS) is 17.5. The van der Waals surface area contributed by atoms with Crippen molar-refractivity contribution in [3.05, 3.63) is 35.4 Å². The van der Waals surface area contributed by atoms with Crippen molar-refractivity contribution in [3.63, 3.8) is 0 Å². The van der Waals surface area contributed by atoms with E-state index in [1.54, 1.807) is 12.1 Å². The van der Waals surface area contributed by atoms with E-state index in [1.807, 2.05) is 0 Å². The SMILES string of the molecule is COC(=O)c1ccc(OC)c(O)c1CC1C=CCC1. The molecule has 0 radical (unpaired) electrons. The van der Waals surface area contributed by atoms with Gasteiger partial charge in [0, 0.05) is 5.56 Å². The van der Waals surface area contributed by atoms with E-state index in [9.17, 15) is 9.90 Å². The van der Waals surface area contributed by atoms with Gasteiger partial charge in [-0.2, -0.15) is 0 Å². The summed E-state index contributed by atoms with van der Waals surface area (Å²) in [5, 5.41) is 10.2. The van der Waals surface area contributed by atoms with Gasteiger partial charge in [-0.05, 0) is 37.3 Å². The molecule has 1 aromatic carbocycles. The lowest BCUT2D eigenvalue weighted by Gasteiger charge is -2.15. The Labute approximate surface area is 112 Å². The van der Waals surface area contributed by atoms with Crippen molar-refractivity contribution in [3.8, 4) is 11.5 Å². The van der Waals surface area contributed by atoms with E-state index in [0.717, 1.165) is 12.8 Å². The first-order valence-corrected chi connectivity index (χ1v) is 6.31. The third-order valence-electron chi connectivity index (χ3n) is 3.45. The fourth-order valence-corrected chi connectivity index (χ4v) is 2.41. The number of methoxy groups -OCH3 is 2. The molecular formula is C15H18O4. The summed E-state index contributed by atoms with van der Waals surface area (Å²) in [5.74, 6) is 0.326. The summed E-state index contributed by atoms with van der Waals surface area (Å²) in [6, 6.07) is 3.22. The molecule has 1 atom stereocenters. The number of esters is 1. The monoisotopic (exact) mass is 262 g/mol. The standard InChI is InChI=1S/C15H18O4/c1-18-13-8-7-11(15(17)19-2)12(14(13)16)9-10-5-3-4-6-10/h3,5,7-8,10,16H,4,6,9H2,1-2H3. The quantitative estimate of drug-likeness (QED) is 0.669. The van der Waals surface area contributed by atoms with Crippen LogP contribution >= 0.6 is 0 Å². The maximum absolute atomic E-state index is 11.8. The molecular weight excluding hydrogens is 244 g/mol. The highest BCUT2D eigenvalue weighted by Gasteiger charge is 2.22. The smallest absolute Gasteiger partial charge is 0.338 e. The number of carbonyl (C=O) groups excluding carboxylic acids is 1. The van der Waals surface area contributed by atoms with Gasteiger partial charge in [0.15, 0.2) is 11.5 Å². The predicted molar refractivity (Wildman–Crippen MR) is 71.6 cm³/mol. The van der Waals surface area contributed by atoms with Gasteiger partial charge in [0.2, 0.25) is 0 Å². The number of carbonyl (C=O) groups is 1. The Morgan fingerprint density at radius 1 is 1.42 bits per heavy atom. The molecule has 1 aliphatic rings. The lowest BCUT2D eigenvalue weighted by molar-refractivity contribution is 0.0598. The van der Waals surface area contributed by atoms with Crippen LogP contribution in [0.2, 0.25) is 0 Å². The Balaban J connectivity index is 2.40. The largest absolute Gasteiger partial charge is 0.504 e. The van der Waals surface area contributed by atoms with Gasteiger partial charge in [0.05, 0.1) is 19.8 Å². The van der Waals surface area contributed by atoms with Crippen molar-refractivity contribution in [1.82, 2.24) is 0 Å². The van der Waals surface area contributed by atoms with Gasteiger partial charge in [-0.25, -0.2) is 4.79 Å². The molecule has 0 saturated carbocycles. The molecule has 4 nitrogen and oxygen atoms in total. The van der Waals surface area contributed by atoms with Gasteiger partial charge in [0.25, 0.3) is 0 Å². The summed E-state index contributed by atoms with van der Waals surface area (Å²) in [4.78, 5) is 11.8. The van der Waals surface area contributed by atoms with E-state index in [1.165, 1.54) is 14.2 Å². The van der Waals surface area contributed by atoms with Gasteiger partial charge < -0.3 is 14.6 Å². The topological polar surface area (TPSA) is 55.8 Å². The van der Waals surface area contributed by atoms with Gasteiger partial charge >= 0.3 is 5.97 Å². The highest BCUT2D eigenvalue weighted by molar-refractivity contribution is 5.92. The summed E-state index contributed by atoms with van der Waals surface area (Å²) in [6.45, 7) is 0. The summed E-state index contributed by atoms with van der Waals surface area (Å²) in [7, 11) is 2.83. The fourth-order valence-electron chi connectivity index (χ4n) is 2.41. The first-order valence-electron chi connectivity index (χ1n) is 6.31. The Morgan fingerprint density at radius 2 is 2.21 bits per heavy atom. The molecule has 0 aliphatic heterocycles. The molecule has 19 heavy (non-hydrogen) atoms. The number of hydrogen-bond acceptors (Lipinski definition) is 4. The number of phenols is 1. The minimum Gasteiger partial charge on any atom is -0.504 e. The van der Waals surface area contributed by atoms with Crippen molar-refractivity contribution in [1.29, 1.82) is 0 Å². The number of benzene rings is 1. The molecule has 0 spiro atoms. The number of rotatable bonds is 4. The first kappa shape index (κ1) is 13.5. The maximum atomic E-state index is 11.8. The zero-order chi connectivity index (χ0) is 13.8. The molecule has 1 aliphatic carbocycles. The van der Waals surface area contributed by atoms with Gasteiger partial charge in [-0.3, -0.25) is 0 Å². The van der Waals surface area contributed by atoms with Crippen LogP contribution in [0.3, 0.4) is 0 Å². The third kappa shape index (κ3) is 2.72. The Kier molecular flexibility index (Phi) is 4.10. The fraction of sp³-hybridized carbons (Fsp3) is 0.400. The number of ether oxygens (including phenoxy) is 2. The average Bonchev–Trinajstić information content (AvgIpc) is 2.93. The minimum atomic E-state index is -0.435. The van der Waals surface area contributed by atoms with E-state index >= 15 is 0 Å². The van der Waals surface area contributed by atoms with Crippen LogP contribution in [0.1, 0.15) is 28.8 Å². The number of aromatic hydroxyl groups is 1. The summed E-state index contributed by atoms with van der Waals surface area (Å²) in [5.41, 5.74) is 1.00. The molecule has 4 heteroatoms. The van der Waals surface area contributed by atoms with Gasteiger partial charge in [-0.1, -0.05) is 12.2 Å². The molecule has 102 valence electrons. The van der Waals surface area contributed by atoms with Crippen molar-refractivity contribution < 1.29 is 19.4 Å². The molecule has 0 fully saturated rings. The second-order valence-electron chi connectivity index (χ2n) is 4.60. The van der Waals surface area contributed by atoms with Crippen LogP contribution < -0.4 is 4.74 Å². The summed E-state index contributed by atoms with van der Waals surface area (Å²) in [6.07, 6.45) is 6.95. The summed E-state index contributed by atoms with van der Waals surface area (Å²) < 4.78 is 9.86. The lowest BCUT2D eigenvalue weighted by Crippen LogP contribution is -2.09. The molecule has 2 rings (SSSR count). The molecule has 0 amide bonds. The van der Waals surface area contributed by atoms with Crippen LogP contribution in [0.4, 0.5) is 0 Å². The van der Waals surface area contributed by atoms with Gasteiger partial charge in [-0.15, -0.1) is 0 Å². The highest BCUT2D eigenvalue weighted by atomic mass is 16.5. The van der Waals surface area contributed by atoms with Gasteiger partial charge in [0.1, 0.15) is 0 Å². The van der Waals surface area contributed by atoms with Crippen LogP contribution in [-0.2, 0) is 11.2 Å². The molecule has 0 heterocycles. The minimum absolute atomic E-state index is 0.0331. The second kappa shape index (κ2) is 5.78. The third-order valence-corrected chi connectivity index (χ3v) is 3.45. The van der Waals surface area contributed by atoms with Crippen LogP contribution in [-0.4, -0.2) is 25.3 Å². The van der Waals surface area contributed by atoms with Crippen molar-refractivity contribution >= 4 is 5.97 Å². The predicted octanol–water partition coefficient (Wildman–Crippen LogP) is 2.70. The van der Waals surface area contributed by atoms with Crippen molar-refractivity contribution in [2.45, 2.75) is 19.3 Å². The summed E-state index contributed by atoms with van der Waals surface area (Å²) >= 11 is 0. The van der Waals surface area contributed by atoms with E-state index in [4.69, 9.17) is 9.47 Å². The Hall–Kier alpha value is -1.97. The molecule has 1 aromatic rings. The number of phenolic OH excluding ortho intramolecular Hbond substituents is 1. The zero-order valence-electron chi connectivity index (χ0n) is 11.2. The molecule has 1 unspecified atom stereocenters. The van der Waals surface area contributed by atoms with Crippen LogP contribution in [0.15, 0.2) is 24.3 Å². The lowest BCUT2D eigenvalue weighted by atomic mass is 9.94. The van der Waals surface area contributed by atoms with E-state index in [2.05, 4.69) is 12.2 Å². The second-order valence-corrected chi connectivity index (χ2v) is 4.60. The number of allylic oxidation sites excluding steroid dienone is 2. The molecule has 0 bridgehead atoms. The first-order chi connectivity index (χ1) is 9.17. The van der Waals surface area contributed by atoms with Crippen LogP contribution in [0.5, 0.6) is 11.5 Å². The Morgan fingerprint density at radius 3 is 2.79 bits per heavy atom. The zero-order valence-corrected chi connectivity index (χ0v) is 11.2. The molecule has 0 aromatic heterocycles. The number of hydrogen-bond donors (Lipinski definition) is 1.